The van der Waals surface area contributed by atoms with Gasteiger partial charge in [0.2, 0.25) is 0 Å². The number of benzene rings is 2. The molecule has 2 aromatic carbocycles. The molecule has 2 nitrogen and oxygen atoms in total. The van der Waals surface area contributed by atoms with E-state index in [4.69, 9.17) is 4.11 Å². The molecule has 0 N–H and O–H groups in total. The van der Waals surface area contributed by atoms with Crippen molar-refractivity contribution in [1.82, 2.24) is 0 Å². The first-order valence-electron chi connectivity index (χ1n) is 8.69. The van der Waals surface area contributed by atoms with Crippen molar-refractivity contribution in [2.75, 3.05) is 9.80 Å². The lowest BCUT2D eigenvalue weighted by atomic mass is 10.1. The Hall–Kier alpha value is -2.22. The van der Waals surface area contributed by atoms with Crippen LogP contribution in [0.25, 0.3) is 0 Å². The summed E-state index contributed by atoms with van der Waals surface area (Å²) in [7, 11) is 0. The number of rotatable bonds is 2. The molecule has 0 aliphatic carbocycles. The minimum atomic E-state index is -2.16. The molecule has 1 atom stereocenters. The van der Waals surface area contributed by atoms with Crippen LogP contribution in [0.2, 0.25) is 0 Å². The van der Waals surface area contributed by atoms with Gasteiger partial charge in [-0.1, -0.05) is 36.4 Å². The maximum atomic E-state index is 8.16. The molecule has 21 heavy (non-hydrogen) atoms. The smallest absolute Gasteiger partial charge is 0.108 e. The van der Waals surface area contributed by atoms with E-state index >= 15 is 0 Å². The third kappa shape index (κ3) is 2.21. The second-order valence-corrected chi connectivity index (χ2v) is 5.41. The molecule has 0 saturated heterocycles. The van der Waals surface area contributed by atoms with Gasteiger partial charge >= 0.3 is 0 Å². The molecule has 0 radical (unpaired) electrons. The minimum absolute atomic E-state index is 0.749. The zero-order chi connectivity index (χ0) is 17.5. The van der Waals surface area contributed by atoms with Crippen LogP contribution < -0.4 is 9.80 Å². The lowest BCUT2D eigenvalue weighted by Gasteiger charge is -2.32. The van der Waals surface area contributed by atoms with Gasteiger partial charge in [-0.2, -0.15) is 0 Å². The number of para-hydroxylation sites is 2. The van der Waals surface area contributed by atoms with Gasteiger partial charge in [0, 0.05) is 26.9 Å². The summed E-state index contributed by atoms with van der Waals surface area (Å²) in [6.07, 6.45) is -0.749. The maximum absolute atomic E-state index is 8.16. The van der Waals surface area contributed by atoms with Gasteiger partial charge in [-0.3, -0.25) is 0 Å². The zero-order valence-electron chi connectivity index (χ0n) is 15.7. The summed E-state index contributed by atoms with van der Waals surface area (Å²) in [5.41, 5.74) is 4.83. The number of nitrogens with zero attached hydrogens (tertiary/aromatic N) is 2. The Kier molecular flexibility index (Phi) is 2.64. The van der Waals surface area contributed by atoms with Gasteiger partial charge in [-0.25, -0.2) is 0 Å². The van der Waals surface area contributed by atoms with E-state index in [1.807, 2.05) is 85.2 Å². The Morgan fingerprint density at radius 3 is 2.10 bits per heavy atom. The van der Waals surface area contributed by atoms with E-state index < -0.39 is 13.0 Å². The van der Waals surface area contributed by atoms with Crippen molar-refractivity contribution in [1.29, 1.82) is 0 Å². The van der Waals surface area contributed by atoms with E-state index in [0.717, 1.165) is 28.3 Å². The highest BCUT2D eigenvalue weighted by molar-refractivity contribution is 5.67. The van der Waals surface area contributed by atoms with E-state index in [-0.39, 0.29) is 0 Å². The molecule has 1 aliphatic rings. The van der Waals surface area contributed by atoms with Crippen LogP contribution in [-0.4, -0.2) is 6.17 Å². The van der Waals surface area contributed by atoms with Gasteiger partial charge in [0.25, 0.3) is 0 Å². The van der Waals surface area contributed by atoms with Crippen LogP contribution in [0.3, 0.4) is 0 Å². The van der Waals surface area contributed by atoms with Crippen LogP contribution in [-0.2, 0) is 0 Å². The van der Waals surface area contributed by atoms with Gasteiger partial charge < -0.3 is 9.80 Å². The monoisotopic (exact) mass is 281 g/mol. The second kappa shape index (κ2) is 5.28. The van der Waals surface area contributed by atoms with Crippen molar-refractivity contribution in [3.05, 3.63) is 71.6 Å². The summed E-state index contributed by atoms with van der Waals surface area (Å²) in [5, 5.41) is 0. The van der Waals surface area contributed by atoms with Gasteiger partial charge in [0.15, 0.2) is 0 Å². The first kappa shape index (κ1) is 10.5. The predicted octanol–water partition coefficient (Wildman–Crippen LogP) is 4.92. The SMILES string of the molecule is [2H]C([2H])([2H])C1N(c2ccccc2)C(C)=C(C)N1c1ccccc1C. The number of aryl methyl sites for hydroxylation is 1. The van der Waals surface area contributed by atoms with E-state index in [2.05, 4.69) is 0 Å². The largest absolute Gasteiger partial charge is 0.323 e. The fourth-order valence-electron chi connectivity index (χ4n) is 2.90. The highest BCUT2D eigenvalue weighted by atomic mass is 15.4. The summed E-state index contributed by atoms with van der Waals surface area (Å²) in [4.78, 5) is 3.87. The molecular formula is C19H22N2. The zero-order valence-corrected chi connectivity index (χ0v) is 12.7. The van der Waals surface area contributed by atoms with Crippen molar-refractivity contribution < 1.29 is 4.11 Å². The van der Waals surface area contributed by atoms with E-state index in [0.29, 0.717) is 0 Å². The quantitative estimate of drug-likeness (QED) is 0.771. The molecule has 0 saturated carbocycles. The fraction of sp³-hybridized carbons (Fsp3) is 0.263. The number of hydrogen-bond donors (Lipinski definition) is 0. The molecule has 0 bridgehead atoms. The predicted molar refractivity (Wildman–Crippen MR) is 90.4 cm³/mol. The van der Waals surface area contributed by atoms with Crippen LogP contribution in [0, 0.1) is 6.92 Å². The van der Waals surface area contributed by atoms with Crippen LogP contribution in [0.1, 0.15) is 30.4 Å². The molecule has 1 unspecified atom stereocenters. The van der Waals surface area contributed by atoms with Crippen molar-refractivity contribution in [3.8, 4) is 0 Å². The Morgan fingerprint density at radius 1 is 0.810 bits per heavy atom. The lowest BCUT2D eigenvalue weighted by Crippen LogP contribution is -2.38. The minimum Gasteiger partial charge on any atom is -0.323 e. The second-order valence-electron chi connectivity index (χ2n) is 5.41. The molecule has 0 fully saturated rings. The van der Waals surface area contributed by atoms with Crippen molar-refractivity contribution in [2.24, 2.45) is 0 Å². The van der Waals surface area contributed by atoms with Gasteiger partial charge in [-0.05, 0) is 51.4 Å². The third-order valence-electron chi connectivity index (χ3n) is 4.14. The van der Waals surface area contributed by atoms with Crippen molar-refractivity contribution in [2.45, 2.75) is 33.8 Å². The van der Waals surface area contributed by atoms with Crippen LogP contribution >= 0.6 is 0 Å². The van der Waals surface area contributed by atoms with Crippen LogP contribution in [0.5, 0.6) is 0 Å². The lowest BCUT2D eigenvalue weighted by molar-refractivity contribution is 0.727. The third-order valence-corrected chi connectivity index (χ3v) is 4.14. The highest BCUT2D eigenvalue weighted by Crippen LogP contribution is 2.38. The molecule has 0 amide bonds. The Morgan fingerprint density at radius 2 is 1.43 bits per heavy atom. The van der Waals surface area contributed by atoms with E-state index in [1.54, 1.807) is 0 Å². The Labute approximate surface area is 131 Å². The topological polar surface area (TPSA) is 6.48 Å². The van der Waals surface area contributed by atoms with E-state index in [9.17, 15) is 0 Å². The molecule has 2 aromatic rings. The Balaban J connectivity index is 2.18. The highest BCUT2D eigenvalue weighted by Gasteiger charge is 2.33. The van der Waals surface area contributed by atoms with Gasteiger partial charge in [0.05, 0.1) is 0 Å². The molecule has 108 valence electrons. The normalized spacial score (nSPS) is 21.3. The summed E-state index contributed by atoms with van der Waals surface area (Å²) in [5.74, 6) is 0. The number of allylic oxidation sites excluding steroid dienone is 2. The summed E-state index contributed by atoms with van der Waals surface area (Å²) in [6, 6.07) is 17.6. The molecular weight excluding hydrogens is 256 g/mol. The average Bonchev–Trinajstić information content (AvgIpc) is 2.81. The van der Waals surface area contributed by atoms with E-state index in [1.165, 1.54) is 0 Å². The molecule has 1 heterocycles. The summed E-state index contributed by atoms with van der Waals surface area (Å²) < 4.78 is 24.5. The maximum Gasteiger partial charge on any atom is 0.108 e. The first-order valence-corrected chi connectivity index (χ1v) is 7.19. The molecule has 0 spiro atoms. The number of anilines is 2. The Bertz CT molecular complexity index is 766. The van der Waals surface area contributed by atoms with Crippen molar-refractivity contribution in [3.63, 3.8) is 0 Å². The molecule has 2 heteroatoms. The standard InChI is InChI=1S/C19H22N2/c1-14-10-8-9-13-19(14)21-16(3)15(2)20(17(21)4)18-11-6-5-7-12-18/h5-13,17H,1-4H3/i4D3. The molecule has 1 aliphatic heterocycles. The number of hydrogen-bond acceptors (Lipinski definition) is 2. The summed E-state index contributed by atoms with van der Waals surface area (Å²) in [6.45, 7) is 3.83. The molecule has 0 aromatic heterocycles. The first-order chi connectivity index (χ1) is 11.3. The van der Waals surface area contributed by atoms with Crippen LogP contribution in [0.4, 0.5) is 11.4 Å². The van der Waals surface area contributed by atoms with Crippen molar-refractivity contribution >= 4 is 11.4 Å². The van der Waals surface area contributed by atoms with Crippen LogP contribution in [0.15, 0.2) is 66.0 Å². The summed E-state index contributed by atoms with van der Waals surface area (Å²) >= 11 is 0. The van der Waals surface area contributed by atoms with Gasteiger partial charge in [0.1, 0.15) is 6.17 Å². The van der Waals surface area contributed by atoms with Gasteiger partial charge in [-0.15, -0.1) is 0 Å². The fourth-order valence-corrected chi connectivity index (χ4v) is 2.90. The molecule has 3 rings (SSSR count). The average molecular weight is 281 g/mol.